The van der Waals surface area contributed by atoms with Crippen LogP contribution >= 0.6 is 0 Å². The number of carbonyl (C=O) groups excluding carboxylic acids is 1. The Morgan fingerprint density at radius 2 is 1.76 bits per heavy atom. The number of aryl methyl sites for hydroxylation is 3. The van der Waals surface area contributed by atoms with Crippen molar-refractivity contribution in [2.24, 2.45) is 0 Å². The molecule has 0 bridgehead atoms. The van der Waals surface area contributed by atoms with Gasteiger partial charge in [0.1, 0.15) is 0 Å². The van der Waals surface area contributed by atoms with Gasteiger partial charge in [-0.1, -0.05) is 48.0 Å². The van der Waals surface area contributed by atoms with Gasteiger partial charge in [-0.3, -0.25) is 4.79 Å². The number of aromatic amines is 1. The van der Waals surface area contributed by atoms with E-state index in [9.17, 15) is 4.79 Å². The average molecular weight is 434 g/mol. The SMILES string of the molecule is Cc1cccc(NC(=O)CCCc2c(-c3ccc4ccccc4n3)[nH]c3ccc(C)cc23)c1. The summed E-state index contributed by atoms with van der Waals surface area (Å²) in [5, 5.41) is 5.35. The maximum atomic E-state index is 12.5. The second-order valence-electron chi connectivity index (χ2n) is 8.69. The summed E-state index contributed by atoms with van der Waals surface area (Å²) < 4.78 is 0. The van der Waals surface area contributed by atoms with Gasteiger partial charge in [0, 0.05) is 28.4 Å². The molecule has 0 saturated carbocycles. The molecule has 0 radical (unpaired) electrons. The van der Waals surface area contributed by atoms with Crippen LogP contribution in [0.15, 0.2) is 78.9 Å². The Bertz CT molecular complexity index is 1460. The van der Waals surface area contributed by atoms with Crippen molar-refractivity contribution in [1.82, 2.24) is 9.97 Å². The lowest BCUT2D eigenvalue weighted by atomic mass is 10.0. The van der Waals surface area contributed by atoms with E-state index in [1.54, 1.807) is 0 Å². The summed E-state index contributed by atoms with van der Waals surface area (Å²) in [6.07, 6.45) is 2.03. The number of fused-ring (bicyclic) bond motifs is 2. The molecule has 2 aromatic heterocycles. The zero-order valence-corrected chi connectivity index (χ0v) is 19.0. The van der Waals surface area contributed by atoms with Gasteiger partial charge in [0.05, 0.1) is 16.9 Å². The van der Waals surface area contributed by atoms with Gasteiger partial charge in [-0.15, -0.1) is 0 Å². The zero-order chi connectivity index (χ0) is 22.8. The molecule has 5 rings (SSSR count). The van der Waals surface area contributed by atoms with E-state index in [0.717, 1.165) is 51.9 Å². The summed E-state index contributed by atoms with van der Waals surface area (Å²) in [5.74, 6) is 0.0435. The summed E-state index contributed by atoms with van der Waals surface area (Å²) in [7, 11) is 0. The second-order valence-corrected chi connectivity index (χ2v) is 8.69. The maximum Gasteiger partial charge on any atom is 0.224 e. The summed E-state index contributed by atoms with van der Waals surface area (Å²) in [5.41, 5.74) is 8.48. The highest BCUT2D eigenvalue weighted by Gasteiger charge is 2.15. The van der Waals surface area contributed by atoms with Crippen LogP contribution < -0.4 is 5.32 Å². The number of benzene rings is 3. The van der Waals surface area contributed by atoms with Gasteiger partial charge in [-0.2, -0.15) is 0 Å². The molecular weight excluding hydrogens is 406 g/mol. The molecule has 0 atom stereocenters. The van der Waals surface area contributed by atoms with Crippen molar-refractivity contribution in [3.8, 4) is 11.4 Å². The van der Waals surface area contributed by atoms with E-state index in [1.165, 1.54) is 16.5 Å². The van der Waals surface area contributed by atoms with Crippen LogP contribution in [0.1, 0.15) is 29.5 Å². The number of H-pyrrole nitrogens is 1. The first-order valence-electron chi connectivity index (χ1n) is 11.4. The average Bonchev–Trinajstić information content (AvgIpc) is 3.16. The summed E-state index contributed by atoms with van der Waals surface area (Å²) in [6, 6.07) is 26.7. The van der Waals surface area contributed by atoms with E-state index >= 15 is 0 Å². The van der Waals surface area contributed by atoms with Crippen molar-refractivity contribution >= 4 is 33.4 Å². The third-order valence-corrected chi connectivity index (χ3v) is 6.05. The van der Waals surface area contributed by atoms with Crippen LogP contribution in [0.2, 0.25) is 0 Å². The third-order valence-electron chi connectivity index (χ3n) is 6.05. The molecule has 3 aromatic carbocycles. The smallest absolute Gasteiger partial charge is 0.224 e. The van der Waals surface area contributed by atoms with Crippen molar-refractivity contribution in [1.29, 1.82) is 0 Å². The highest BCUT2D eigenvalue weighted by Crippen LogP contribution is 2.32. The van der Waals surface area contributed by atoms with Gasteiger partial charge in [-0.25, -0.2) is 4.98 Å². The number of hydrogen-bond donors (Lipinski definition) is 2. The van der Waals surface area contributed by atoms with Crippen LogP contribution in [0.25, 0.3) is 33.2 Å². The van der Waals surface area contributed by atoms with Gasteiger partial charge in [0.15, 0.2) is 0 Å². The Labute approximate surface area is 193 Å². The Morgan fingerprint density at radius 3 is 2.64 bits per heavy atom. The van der Waals surface area contributed by atoms with Crippen LogP contribution in [-0.2, 0) is 11.2 Å². The van der Waals surface area contributed by atoms with E-state index in [1.807, 2.05) is 49.4 Å². The second kappa shape index (κ2) is 8.91. The van der Waals surface area contributed by atoms with Crippen LogP contribution in [-0.4, -0.2) is 15.9 Å². The van der Waals surface area contributed by atoms with Gasteiger partial charge in [0.2, 0.25) is 5.91 Å². The van der Waals surface area contributed by atoms with Crippen LogP contribution in [0.4, 0.5) is 5.69 Å². The standard InChI is InChI=1S/C29H27N3O/c1-19-7-5-9-22(17-19)30-28(33)12-6-10-23-24-18-20(2)13-15-26(24)32-29(23)27-16-14-21-8-3-4-11-25(21)31-27/h3-5,7-9,11,13-18,32H,6,10,12H2,1-2H3,(H,30,33). The lowest BCUT2D eigenvalue weighted by Crippen LogP contribution is -2.11. The molecule has 0 aliphatic heterocycles. The largest absolute Gasteiger partial charge is 0.353 e. The van der Waals surface area contributed by atoms with E-state index in [0.29, 0.717) is 6.42 Å². The Kier molecular flexibility index (Phi) is 5.66. The van der Waals surface area contributed by atoms with Crippen LogP contribution in [0.5, 0.6) is 0 Å². The lowest BCUT2D eigenvalue weighted by Gasteiger charge is -2.08. The van der Waals surface area contributed by atoms with Crippen LogP contribution in [0, 0.1) is 13.8 Å². The minimum atomic E-state index is 0.0435. The van der Waals surface area contributed by atoms with Crippen LogP contribution in [0.3, 0.4) is 0 Å². The quantitative estimate of drug-likeness (QED) is 0.304. The van der Waals surface area contributed by atoms with E-state index in [4.69, 9.17) is 4.98 Å². The van der Waals surface area contributed by atoms with Crippen molar-refractivity contribution in [3.63, 3.8) is 0 Å². The van der Waals surface area contributed by atoms with Crippen molar-refractivity contribution in [2.45, 2.75) is 33.1 Å². The fourth-order valence-corrected chi connectivity index (χ4v) is 4.42. The van der Waals surface area contributed by atoms with Gasteiger partial charge < -0.3 is 10.3 Å². The van der Waals surface area contributed by atoms with Crippen molar-refractivity contribution in [2.75, 3.05) is 5.32 Å². The number of hydrogen-bond acceptors (Lipinski definition) is 2. The number of nitrogens with zero attached hydrogens (tertiary/aromatic N) is 1. The number of pyridine rings is 1. The van der Waals surface area contributed by atoms with E-state index < -0.39 is 0 Å². The molecule has 2 heterocycles. The summed E-state index contributed by atoms with van der Waals surface area (Å²) in [6.45, 7) is 4.14. The highest BCUT2D eigenvalue weighted by molar-refractivity contribution is 5.93. The first-order chi connectivity index (χ1) is 16.1. The van der Waals surface area contributed by atoms with Gasteiger partial charge in [-0.05, 0) is 74.2 Å². The molecule has 0 unspecified atom stereocenters. The minimum Gasteiger partial charge on any atom is -0.353 e. The topological polar surface area (TPSA) is 57.8 Å². The Balaban J connectivity index is 1.41. The molecular formula is C29H27N3O. The third kappa shape index (κ3) is 4.51. The molecule has 2 N–H and O–H groups in total. The molecule has 5 aromatic rings. The molecule has 0 saturated heterocycles. The molecule has 0 aliphatic carbocycles. The zero-order valence-electron chi connectivity index (χ0n) is 19.0. The van der Waals surface area contributed by atoms with E-state index in [-0.39, 0.29) is 5.91 Å². The number of carbonyl (C=O) groups is 1. The summed E-state index contributed by atoms with van der Waals surface area (Å²) >= 11 is 0. The number of anilines is 1. The lowest BCUT2D eigenvalue weighted by molar-refractivity contribution is -0.116. The number of aromatic nitrogens is 2. The number of nitrogens with one attached hydrogen (secondary N) is 2. The highest BCUT2D eigenvalue weighted by atomic mass is 16.1. The number of amides is 1. The van der Waals surface area contributed by atoms with Gasteiger partial charge in [0.25, 0.3) is 0 Å². The number of rotatable bonds is 6. The molecule has 0 fully saturated rings. The summed E-state index contributed by atoms with van der Waals surface area (Å²) in [4.78, 5) is 21.1. The molecule has 0 spiro atoms. The molecule has 1 amide bonds. The molecule has 4 heteroatoms. The molecule has 4 nitrogen and oxygen atoms in total. The predicted octanol–water partition coefficient (Wildman–Crippen LogP) is 6.96. The van der Waals surface area contributed by atoms with Crippen molar-refractivity contribution in [3.05, 3.63) is 95.6 Å². The first-order valence-corrected chi connectivity index (χ1v) is 11.4. The molecule has 164 valence electrons. The minimum absolute atomic E-state index is 0.0435. The van der Waals surface area contributed by atoms with Gasteiger partial charge >= 0.3 is 0 Å². The molecule has 0 aliphatic rings. The molecule has 33 heavy (non-hydrogen) atoms. The normalized spacial score (nSPS) is 11.2. The van der Waals surface area contributed by atoms with Crippen molar-refractivity contribution < 1.29 is 4.79 Å². The number of para-hydroxylation sites is 1. The monoisotopic (exact) mass is 433 g/mol. The Morgan fingerprint density at radius 1 is 0.909 bits per heavy atom. The van der Waals surface area contributed by atoms with E-state index in [2.05, 4.69) is 53.6 Å². The fraction of sp³-hybridized carbons (Fsp3) is 0.172. The first kappa shape index (κ1) is 21.0. The fourth-order valence-electron chi connectivity index (χ4n) is 4.42. The maximum absolute atomic E-state index is 12.5. The predicted molar refractivity (Wildman–Crippen MR) is 137 cm³/mol. The Hall–Kier alpha value is -3.92.